The molecule has 0 aromatic heterocycles. The first-order chi connectivity index (χ1) is 12.2. The predicted molar refractivity (Wildman–Crippen MR) is 103 cm³/mol. The zero-order chi connectivity index (χ0) is 18.1. The third kappa shape index (κ3) is 5.87. The van der Waals surface area contributed by atoms with Crippen LogP contribution < -0.4 is 20.1 Å². The molecule has 0 unspecified atom stereocenters. The van der Waals surface area contributed by atoms with Crippen LogP contribution >= 0.6 is 11.6 Å². The third-order valence-corrected chi connectivity index (χ3v) is 3.84. The summed E-state index contributed by atoms with van der Waals surface area (Å²) in [6.07, 6.45) is 0. The second-order valence-electron chi connectivity index (χ2n) is 5.36. The van der Waals surface area contributed by atoms with Crippen molar-refractivity contribution < 1.29 is 9.47 Å². The number of methoxy groups -OCH3 is 2. The van der Waals surface area contributed by atoms with Crippen molar-refractivity contribution in [1.82, 2.24) is 10.6 Å². The van der Waals surface area contributed by atoms with Gasteiger partial charge < -0.3 is 20.1 Å². The summed E-state index contributed by atoms with van der Waals surface area (Å²) in [5.74, 6) is 2.17. The van der Waals surface area contributed by atoms with Crippen LogP contribution in [0.5, 0.6) is 11.5 Å². The Balaban J connectivity index is 2.02. The molecule has 0 saturated heterocycles. The van der Waals surface area contributed by atoms with Gasteiger partial charge in [-0.2, -0.15) is 0 Å². The van der Waals surface area contributed by atoms with Crippen molar-refractivity contribution in [2.24, 2.45) is 4.99 Å². The summed E-state index contributed by atoms with van der Waals surface area (Å²) in [4.78, 5) is 4.62. The molecule has 0 bridgehead atoms. The molecule has 0 fully saturated rings. The van der Waals surface area contributed by atoms with Gasteiger partial charge in [0.25, 0.3) is 0 Å². The molecule has 2 aromatic carbocycles. The van der Waals surface area contributed by atoms with E-state index in [1.54, 1.807) is 14.2 Å². The standard InChI is InChI=1S/C19H24ClN3O2/c1-4-21-19(22-12-14-5-8-16(20)9-6-14)23-13-15-7-10-17(24-2)18(11-15)25-3/h5-11H,4,12-13H2,1-3H3,(H2,21,22,23). The normalized spacial score (nSPS) is 11.1. The van der Waals surface area contributed by atoms with E-state index in [-0.39, 0.29) is 0 Å². The van der Waals surface area contributed by atoms with Crippen LogP contribution in [-0.4, -0.2) is 26.7 Å². The smallest absolute Gasteiger partial charge is 0.191 e. The predicted octanol–water partition coefficient (Wildman–Crippen LogP) is 3.61. The van der Waals surface area contributed by atoms with Crippen LogP contribution in [0, 0.1) is 0 Å². The van der Waals surface area contributed by atoms with E-state index < -0.39 is 0 Å². The number of ether oxygens (including phenoxy) is 2. The molecule has 0 heterocycles. The SMILES string of the molecule is CCNC(=NCc1ccc(OC)c(OC)c1)NCc1ccc(Cl)cc1. The molecule has 0 atom stereocenters. The molecule has 0 aliphatic rings. The Morgan fingerprint density at radius 3 is 2.28 bits per heavy atom. The van der Waals surface area contributed by atoms with Gasteiger partial charge in [0.1, 0.15) is 0 Å². The topological polar surface area (TPSA) is 54.9 Å². The van der Waals surface area contributed by atoms with E-state index in [2.05, 4.69) is 15.6 Å². The fourth-order valence-electron chi connectivity index (χ4n) is 2.28. The van der Waals surface area contributed by atoms with Gasteiger partial charge in [-0.1, -0.05) is 29.8 Å². The highest BCUT2D eigenvalue weighted by molar-refractivity contribution is 6.30. The number of hydrogen-bond acceptors (Lipinski definition) is 3. The minimum Gasteiger partial charge on any atom is -0.493 e. The number of benzene rings is 2. The molecule has 5 nitrogen and oxygen atoms in total. The zero-order valence-electron chi connectivity index (χ0n) is 14.8. The molecule has 0 aliphatic carbocycles. The first kappa shape index (κ1) is 18.9. The van der Waals surface area contributed by atoms with Gasteiger partial charge in [0, 0.05) is 18.1 Å². The van der Waals surface area contributed by atoms with Crippen LogP contribution in [0.4, 0.5) is 0 Å². The average Bonchev–Trinajstić information content (AvgIpc) is 2.65. The van der Waals surface area contributed by atoms with E-state index in [1.807, 2.05) is 49.4 Å². The Labute approximate surface area is 154 Å². The zero-order valence-corrected chi connectivity index (χ0v) is 15.6. The van der Waals surface area contributed by atoms with E-state index in [9.17, 15) is 0 Å². The van der Waals surface area contributed by atoms with Crippen LogP contribution in [0.15, 0.2) is 47.5 Å². The van der Waals surface area contributed by atoms with Crippen molar-refractivity contribution in [1.29, 1.82) is 0 Å². The minimum atomic E-state index is 0.538. The third-order valence-electron chi connectivity index (χ3n) is 3.59. The van der Waals surface area contributed by atoms with E-state index >= 15 is 0 Å². The van der Waals surface area contributed by atoms with Crippen molar-refractivity contribution in [2.75, 3.05) is 20.8 Å². The van der Waals surface area contributed by atoms with E-state index in [0.717, 1.165) is 28.7 Å². The lowest BCUT2D eigenvalue weighted by Crippen LogP contribution is -2.36. The van der Waals surface area contributed by atoms with Crippen molar-refractivity contribution in [3.63, 3.8) is 0 Å². The Hall–Kier alpha value is -2.40. The number of aliphatic imine (C=N–C) groups is 1. The van der Waals surface area contributed by atoms with Gasteiger partial charge in [0.2, 0.25) is 0 Å². The highest BCUT2D eigenvalue weighted by Gasteiger charge is 2.05. The van der Waals surface area contributed by atoms with Crippen LogP contribution in [0.25, 0.3) is 0 Å². The summed E-state index contributed by atoms with van der Waals surface area (Å²) in [7, 11) is 3.25. The van der Waals surface area contributed by atoms with Gasteiger partial charge >= 0.3 is 0 Å². The molecule has 0 radical (unpaired) electrons. The Morgan fingerprint density at radius 1 is 0.960 bits per heavy atom. The minimum absolute atomic E-state index is 0.538. The molecular weight excluding hydrogens is 338 g/mol. The molecule has 6 heteroatoms. The van der Waals surface area contributed by atoms with Crippen molar-refractivity contribution in [2.45, 2.75) is 20.0 Å². The average molecular weight is 362 g/mol. The first-order valence-corrected chi connectivity index (χ1v) is 8.51. The molecule has 0 amide bonds. The van der Waals surface area contributed by atoms with Gasteiger partial charge in [-0.3, -0.25) is 0 Å². The maximum Gasteiger partial charge on any atom is 0.191 e. The summed E-state index contributed by atoms with van der Waals surface area (Å²) in [6.45, 7) is 4.04. The summed E-state index contributed by atoms with van der Waals surface area (Å²) in [5, 5.41) is 7.29. The first-order valence-electron chi connectivity index (χ1n) is 8.13. The maximum atomic E-state index is 5.91. The van der Waals surface area contributed by atoms with E-state index in [4.69, 9.17) is 21.1 Å². The second kappa shape index (κ2) is 9.79. The Kier molecular flexibility index (Phi) is 7.41. The number of nitrogens with zero attached hydrogens (tertiary/aromatic N) is 1. The van der Waals surface area contributed by atoms with Gasteiger partial charge in [0.15, 0.2) is 17.5 Å². The Morgan fingerprint density at radius 2 is 1.64 bits per heavy atom. The number of halogens is 1. The fraction of sp³-hybridized carbons (Fsp3) is 0.316. The Bertz CT molecular complexity index is 702. The summed E-state index contributed by atoms with van der Waals surface area (Å²) < 4.78 is 10.6. The van der Waals surface area contributed by atoms with Crippen molar-refractivity contribution in [3.8, 4) is 11.5 Å². The number of rotatable bonds is 7. The maximum absolute atomic E-state index is 5.91. The molecule has 0 aliphatic heterocycles. The van der Waals surface area contributed by atoms with Gasteiger partial charge in [-0.25, -0.2) is 4.99 Å². The lowest BCUT2D eigenvalue weighted by molar-refractivity contribution is 0.354. The van der Waals surface area contributed by atoms with Crippen LogP contribution in [0.1, 0.15) is 18.1 Å². The quantitative estimate of drug-likeness (QED) is 0.584. The molecule has 134 valence electrons. The summed E-state index contributed by atoms with van der Waals surface area (Å²) >= 11 is 5.91. The molecule has 2 rings (SSSR count). The van der Waals surface area contributed by atoms with E-state index in [1.165, 1.54) is 0 Å². The molecule has 25 heavy (non-hydrogen) atoms. The number of hydrogen-bond donors (Lipinski definition) is 2. The van der Waals surface area contributed by atoms with Gasteiger partial charge in [0.05, 0.1) is 20.8 Å². The summed E-state index contributed by atoms with van der Waals surface area (Å²) in [6, 6.07) is 13.6. The van der Waals surface area contributed by atoms with Gasteiger partial charge in [-0.15, -0.1) is 0 Å². The number of guanidine groups is 1. The fourth-order valence-corrected chi connectivity index (χ4v) is 2.41. The van der Waals surface area contributed by atoms with Crippen molar-refractivity contribution >= 4 is 17.6 Å². The lowest BCUT2D eigenvalue weighted by atomic mass is 10.2. The van der Waals surface area contributed by atoms with Crippen LogP contribution in [-0.2, 0) is 13.1 Å². The van der Waals surface area contributed by atoms with Crippen molar-refractivity contribution in [3.05, 3.63) is 58.6 Å². The van der Waals surface area contributed by atoms with E-state index in [0.29, 0.717) is 24.6 Å². The largest absolute Gasteiger partial charge is 0.493 e. The van der Waals surface area contributed by atoms with Crippen LogP contribution in [0.2, 0.25) is 5.02 Å². The highest BCUT2D eigenvalue weighted by Crippen LogP contribution is 2.27. The van der Waals surface area contributed by atoms with Gasteiger partial charge in [-0.05, 0) is 42.3 Å². The summed E-state index contributed by atoms with van der Waals surface area (Å²) in [5.41, 5.74) is 2.18. The lowest BCUT2D eigenvalue weighted by Gasteiger charge is -2.12. The monoisotopic (exact) mass is 361 g/mol. The molecule has 0 saturated carbocycles. The molecule has 0 spiro atoms. The number of nitrogens with one attached hydrogen (secondary N) is 2. The molecule has 2 aromatic rings. The highest BCUT2D eigenvalue weighted by atomic mass is 35.5. The molecule has 2 N–H and O–H groups in total. The second-order valence-corrected chi connectivity index (χ2v) is 5.80. The molecular formula is C19H24ClN3O2. The van der Waals surface area contributed by atoms with Crippen LogP contribution in [0.3, 0.4) is 0 Å².